The van der Waals surface area contributed by atoms with Crippen LogP contribution in [0.1, 0.15) is 49.6 Å². The molecule has 1 amide bonds. The number of aromatic nitrogens is 1. The summed E-state index contributed by atoms with van der Waals surface area (Å²) < 4.78 is 21.2. The normalized spacial score (nSPS) is 19.2. The Balaban J connectivity index is 1.65. The van der Waals surface area contributed by atoms with Gasteiger partial charge in [-0.05, 0) is 74.9 Å². The molecule has 1 atom stereocenters. The molecule has 1 unspecified atom stereocenters. The number of ether oxygens (including phenoxy) is 1. The lowest BCUT2D eigenvalue weighted by Crippen LogP contribution is -2.41. The first-order chi connectivity index (χ1) is 14.9. The number of hydrogen-bond acceptors (Lipinski definition) is 4. The van der Waals surface area contributed by atoms with Gasteiger partial charge in [-0.25, -0.2) is 4.39 Å². The van der Waals surface area contributed by atoms with Crippen LogP contribution in [-0.2, 0) is 16.1 Å². The van der Waals surface area contributed by atoms with Crippen molar-refractivity contribution >= 4 is 11.6 Å². The quantitative estimate of drug-likeness (QED) is 0.739. The van der Waals surface area contributed by atoms with Crippen molar-refractivity contribution in [1.29, 1.82) is 0 Å². The summed E-state index contributed by atoms with van der Waals surface area (Å²) in [5, 5.41) is 3.04. The van der Waals surface area contributed by atoms with Gasteiger partial charge in [-0.1, -0.05) is 6.42 Å². The van der Waals surface area contributed by atoms with Gasteiger partial charge < -0.3 is 15.0 Å². The standard InChI is InChI=1S/C25H32FN3O2/c1-16-9-20(10-17(2)28-16)25-21(14-27-24(30)11-19-5-4-6-19)12-22(13-23(25)26)29-7-8-31-18(3)15-29/h9-10,12-13,18-19H,4-8,11,14-15H2,1-3H3,(H,27,30). The summed E-state index contributed by atoms with van der Waals surface area (Å²) in [7, 11) is 0. The van der Waals surface area contributed by atoms with Gasteiger partial charge in [-0.2, -0.15) is 0 Å². The molecule has 0 radical (unpaired) electrons. The zero-order valence-electron chi connectivity index (χ0n) is 18.7. The van der Waals surface area contributed by atoms with Crippen LogP contribution in [-0.4, -0.2) is 36.7 Å². The third-order valence-corrected chi connectivity index (χ3v) is 6.31. The van der Waals surface area contributed by atoms with Gasteiger partial charge in [0.15, 0.2) is 0 Å². The summed E-state index contributed by atoms with van der Waals surface area (Å²) in [4.78, 5) is 19.0. The number of carbonyl (C=O) groups is 1. The molecule has 0 spiro atoms. The fourth-order valence-electron chi connectivity index (χ4n) is 4.55. The second-order valence-corrected chi connectivity index (χ2v) is 9.01. The molecule has 1 aliphatic heterocycles. The van der Waals surface area contributed by atoms with Gasteiger partial charge in [-0.3, -0.25) is 9.78 Å². The average molecular weight is 426 g/mol. The number of pyridine rings is 1. The third-order valence-electron chi connectivity index (χ3n) is 6.31. The number of nitrogens with zero attached hydrogens (tertiary/aromatic N) is 2. The van der Waals surface area contributed by atoms with Crippen molar-refractivity contribution in [1.82, 2.24) is 10.3 Å². The lowest BCUT2D eigenvalue weighted by atomic mass is 9.83. The number of benzene rings is 1. The molecule has 2 heterocycles. The molecule has 1 N–H and O–H groups in total. The van der Waals surface area contributed by atoms with E-state index in [4.69, 9.17) is 4.74 Å². The molecular formula is C25H32FN3O2. The molecule has 1 saturated carbocycles. The number of halogens is 1. The fraction of sp³-hybridized carbons (Fsp3) is 0.520. The van der Waals surface area contributed by atoms with Gasteiger partial charge in [0.05, 0.1) is 12.7 Å². The highest BCUT2D eigenvalue weighted by molar-refractivity contribution is 5.77. The number of rotatable bonds is 6. The molecule has 6 heteroatoms. The van der Waals surface area contributed by atoms with E-state index in [1.54, 1.807) is 6.07 Å². The van der Waals surface area contributed by atoms with Crippen molar-refractivity contribution in [3.05, 3.63) is 47.0 Å². The van der Waals surface area contributed by atoms with Gasteiger partial charge in [0.1, 0.15) is 5.82 Å². The molecule has 1 aliphatic carbocycles. The van der Waals surface area contributed by atoms with Crippen molar-refractivity contribution in [2.45, 2.75) is 59.1 Å². The second kappa shape index (κ2) is 9.35. The minimum absolute atomic E-state index is 0.0449. The molecule has 2 aliphatic rings. The summed E-state index contributed by atoms with van der Waals surface area (Å²) in [5.41, 5.74) is 4.67. The van der Waals surface area contributed by atoms with Crippen LogP contribution in [0, 0.1) is 25.6 Å². The highest BCUT2D eigenvalue weighted by Crippen LogP contribution is 2.33. The van der Waals surface area contributed by atoms with Crippen LogP contribution in [0.25, 0.3) is 11.1 Å². The SMILES string of the molecule is Cc1cc(-c2c(F)cc(N3CCOC(C)C3)cc2CNC(=O)CC2CCC2)cc(C)n1. The highest BCUT2D eigenvalue weighted by Gasteiger charge is 2.23. The summed E-state index contributed by atoms with van der Waals surface area (Å²) in [6, 6.07) is 7.44. The van der Waals surface area contributed by atoms with E-state index in [-0.39, 0.29) is 17.8 Å². The van der Waals surface area contributed by atoms with Crippen LogP contribution >= 0.6 is 0 Å². The summed E-state index contributed by atoms with van der Waals surface area (Å²) in [5.74, 6) is 0.274. The minimum Gasteiger partial charge on any atom is -0.375 e. The first-order valence-electron chi connectivity index (χ1n) is 11.3. The molecule has 1 aromatic heterocycles. The number of carbonyl (C=O) groups excluding carboxylic acids is 1. The lowest BCUT2D eigenvalue weighted by Gasteiger charge is -2.33. The molecule has 4 rings (SSSR count). The van der Waals surface area contributed by atoms with Crippen molar-refractivity contribution in [2.75, 3.05) is 24.6 Å². The fourth-order valence-corrected chi connectivity index (χ4v) is 4.55. The van der Waals surface area contributed by atoms with Crippen molar-refractivity contribution in [3.63, 3.8) is 0 Å². The van der Waals surface area contributed by atoms with E-state index in [1.807, 2.05) is 39.0 Å². The van der Waals surface area contributed by atoms with Crippen molar-refractivity contribution in [3.8, 4) is 11.1 Å². The minimum atomic E-state index is -0.273. The predicted octanol–water partition coefficient (Wildman–Crippen LogP) is 4.54. The molecule has 0 bridgehead atoms. The van der Waals surface area contributed by atoms with E-state index >= 15 is 4.39 Å². The maximum Gasteiger partial charge on any atom is 0.220 e. The van der Waals surface area contributed by atoms with E-state index in [0.29, 0.717) is 31.1 Å². The Morgan fingerprint density at radius 3 is 2.61 bits per heavy atom. The first kappa shape index (κ1) is 21.8. The molecular weight excluding hydrogens is 393 g/mol. The number of nitrogens with one attached hydrogen (secondary N) is 1. The summed E-state index contributed by atoms with van der Waals surface area (Å²) in [6.07, 6.45) is 4.15. The smallest absolute Gasteiger partial charge is 0.220 e. The Bertz CT molecular complexity index is 938. The maximum atomic E-state index is 15.5. The van der Waals surface area contributed by atoms with Gasteiger partial charge in [0.25, 0.3) is 0 Å². The zero-order valence-corrected chi connectivity index (χ0v) is 18.7. The van der Waals surface area contributed by atoms with Gasteiger partial charge in [0.2, 0.25) is 5.91 Å². The summed E-state index contributed by atoms with van der Waals surface area (Å²) in [6.45, 7) is 8.24. The van der Waals surface area contributed by atoms with Crippen molar-refractivity contribution in [2.24, 2.45) is 5.92 Å². The van der Waals surface area contributed by atoms with Crippen LogP contribution < -0.4 is 10.2 Å². The van der Waals surface area contributed by atoms with E-state index in [1.165, 1.54) is 6.42 Å². The first-order valence-corrected chi connectivity index (χ1v) is 11.3. The predicted molar refractivity (Wildman–Crippen MR) is 121 cm³/mol. The largest absolute Gasteiger partial charge is 0.375 e. The van der Waals surface area contributed by atoms with Crippen LogP contribution in [0.3, 0.4) is 0 Å². The number of aryl methyl sites for hydroxylation is 2. The van der Waals surface area contributed by atoms with Gasteiger partial charge in [0, 0.05) is 48.7 Å². The topological polar surface area (TPSA) is 54.5 Å². The van der Waals surface area contributed by atoms with Gasteiger partial charge in [-0.15, -0.1) is 0 Å². The Labute approximate surface area is 184 Å². The van der Waals surface area contributed by atoms with Gasteiger partial charge >= 0.3 is 0 Å². The van der Waals surface area contributed by atoms with Crippen LogP contribution in [0.15, 0.2) is 24.3 Å². The van der Waals surface area contributed by atoms with E-state index in [0.717, 1.165) is 54.1 Å². The Morgan fingerprint density at radius 1 is 1.23 bits per heavy atom. The molecule has 31 heavy (non-hydrogen) atoms. The molecule has 166 valence electrons. The molecule has 2 fully saturated rings. The Hall–Kier alpha value is -2.47. The van der Waals surface area contributed by atoms with E-state index in [9.17, 15) is 4.79 Å². The zero-order chi connectivity index (χ0) is 22.0. The molecule has 2 aromatic rings. The Kier molecular flexibility index (Phi) is 6.56. The number of amides is 1. The Morgan fingerprint density at radius 2 is 1.97 bits per heavy atom. The molecule has 1 saturated heterocycles. The monoisotopic (exact) mass is 425 g/mol. The van der Waals surface area contributed by atoms with E-state index in [2.05, 4.69) is 15.2 Å². The third kappa shape index (κ3) is 5.24. The number of anilines is 1. The van der Waals surface area contributed by atoms with Crippen LogP contribution in [0.5, 0.6) is 0 Å². The maximum absolute atomic E-state index is 15.5. The van der Waals surface area contributed by atoms with Crippen LogP contribution in [0.4, 0.5) is 10.1 Å². The average Bonchev–Trinajstić information content (AvgIpc) is 2.68. The molecule has 5 nitrogen and oxygen atoms in total. The van der Waals surface area contributed by atoms with Crippen LogP contribution in [0.2, 0.25) is 0 Å². The second-order valence-electron chi connectivity index (χ2n) is 9.01. The van der Waals surface area contributed by atoms with E-state index < -0.39 is 0 Å². The number of morpholine rings is 1. The highest BCUT2D eigenvalue weighted by atomic mass is 19.1. The lowest BCUT2D eigenvalue weighted by molar-refractivity contribution is -0.122. The number of hydrogen-bond donors (Lipinski definition) is 1. The van der Waals surface area contributed by atoms with Crippen molar-refractivity contribution < 1.29 is 13.9 Å². The molecule has 1 aromatic carbocycles. The summed E-state index contributed by atoms with van der Waals surface area (Å²) >= 11 is 0.